The Morgan fingerprint density at radius 2 is 2.00 bits per heavy atom. The van der Waals surface area contributed by atoms with Crippen LogP contribution in [0.1, 0.15) is 12.0 Å². The molecule has 4 nitrogen and oxygen atoms in total. The fourth-order valence-corrected chi connectivity index (χ4v) is 2.13. The monoisotopic (exact) mass is 230 g/mol. The Morgan fingerprint density at radius 1 is 1.24 bits per heavy atom. The van der Waals surface area contributed by atoms with Crippen LogP contribution in [0.15, 0.2) is 24.5 Å². The maximum absolute atomic E-state index is 8.55. The molecule has 0 atom stereocenters. The maximum Gasteiger partial charge on any atom is 0.0635 e. The third kappa shape index (κ3) is 3.81. The molecule has 1 aliphatic heterocycles. The molecule has 1 saturated heterocycles. The summed E-state index contributed by atoms with van der Waals surface area (Å²) in [5.74, 6) is 0. The zero-order chi connectivity index (χ0) is 11.9. The molecule has 4 heteroatoms. The Balaban J connectivity index is 1.74. The summed E-state index contributed by atoms with van der Waals surface area (Å²) >= 11 is 0. The van der Waals surface area contributed by atoms with Gasteiger partial charge in [0.1, 0.15) is 0 Å². The second-order valence-corrected chi connectivity index (χ2v) is 4.39. The van der Waals surface area contributed by atoms with E-state index in [0.717, 1.165) is 39.3 Å². The topological polar surface area (TPSA) is 43.2 Å². The minimum atomic E-state index is 0.641. The van der Waals surface area contributed by atoms with Crippen molar-refractivity contribution in [2.75, 3.05) is 32.7 Å². The molecule has 1 aromatic rings. The Hall–Kier alpha value is -1.44. The lowest BCUT2D eigenvalue weighted by molar-refractivity contribution is 0.129. The molecule has 0 aromatic carbocycles. The van der Waals surface area contributed by atoms with Crippen molar-refractivity contribution in [3.05, 3.63) is 30.1 Å². The van der Waals surface area contributed by atoms with Crippen LogP contribution in [0, 0.1) is 11.3 Å². The van der Waals surface area contributed by atoms with Gasteiger partial charge in [-0.2, -0.15) is 5.26 Å². The highest BCUT2D eigenvalue weighted by molar-refractivity contribution is 5.08. The summed E-state index contributed by atoms with van der Waals surface area (Å²) in [5.41, 5.74) is 1.28. The predicted octanol–water partition coefficient (Wildman–Crippen LogP) is 1.11. The van der Waals surface area contributed by atoms with E-state index < -0.39 is 0 Å². The molecule has 0 radical (unpaired) electrons. The normalized spacial score (nSPS) is 17.8. The summed E-state index contributed by atoms with van der Waals surface area (Å²) in [5, 5.41) is 8.55. The number of pyridine rings is 1. The highest BCUT2D eigenvalue weighted by atomic mass is 15.3. The van der Waals surface area contributed by atoms with Gasteiger partial charge in [0.25, 0.3) is 0 Å². The first-order valence-corrected chi connectivity index (χ1v) is 6.09. The molecule has 0 N–H and O–H groups in total. The number of nitrogens with zero attached hydrogens (tertiary/aromatic N) is 4. The van der Waals surface area contributed by atoms with E-state index in [4.69, 9.17) is 5.26 Å². The van der Waals surface area contributed by atoms with Crippen LogP contribution in [-0.4, -0.2) is 47.5 Å². The van der Waals surface area contributed by atoms with Crippen LogP contribution in [0.2, 0.25) is 0 Å². The molecule has 0 spiro atoms. The van der Waals surface area contributed by atoms with Gasteiger partial charge in [-0.15, -0.1) is 0 Å². The molecule has 17 heavy (non-hydrogen) atoms. The van der Waals surface area contributed by atoms with Crippen molar-refractivity contribution in [1.82, 2.24) is 14.8 Å². The van der Waals surface area contributed by atoms with Crippen LogP contribution >= 0.6 is 0 Å². The van der Waals surface area contributed by atoms with Gasteiger partial charge in [0, 0.05) is 58.1 Å². The van der Waals surface area contributed by atoms with Gasteiger partial charge in [-0.25, -0.2) is 0 Å². The van der Waals surface area contributed by atoms with Crippen LogP contribution in [0.5, 0.6) is 0 Å². The van der Waals surface area contributed by atoms with Gasteiger partial charge in [0.15, 0.2) is 0 Å². The number of nitriles is 1. The number of piperazine rings is 1. The average Bonchev–Trinajstić information content (AvgIpc) is 2.39. The molecule has 1 aromatic heterocycles. The molecule has 0 saturated carbocycles. The fourth-order valence-electron chi connectivity index (χ4n) is 2.13. The first-order chi connectivity index (χ1) is 8.38. The van der Waals surface area contributed by atoms with Crippen molar-refractivity contribution >= 4 is 0 Å². The standard InChI is InChI=1S/C13H18N4/c14-4-2-6-16-7-9-17(10-8-16)12-13-3-1-5-15-11-13/h1,3,5,11H,2,6-10,12H2. The Morgan fingerprint density at radius 3 is 2.65 bits per heavy atom. The molecule has 0 amide bonds. The number of hydrogen-bond donors (Lipinski definition) is 0. The molecule has 1 aliphatic rings. The van der Waals surface area contributed by atoms with Crippen molar-refractivity contribution in [1.29, 1.82) is 5.26 Å². The highest BCUT2D eigenvalue weighted by Crippen LogP contribution is 2.07. The lowest BCUT2D eigenvalue weighted by atomic mass is 10.2. The van der Waals surface area contributed by atoms with Gasteiger partial charge in [0.2, 0.25) is 0 Å². The van der Waals surface area contributed by atoms with E-state index in [-0.39, 0.29) is 0 Å². The SMILES string of the molecule is N#CCCN1CCN(Cc2cccnc2)CC1. The molecule has 90 valence electrons. The summed E-state index contributed by atoms with van der Waals surface area (Å²) in [6.07, 6.45) is 4.38. The molecule has 2 rings (SSSR count). The third-order valence-corrected chi connectivity index (χ3v) is 3.13. The summed E-state index contributed by atoms with van der Waals surface area (Å²) in [4.78, 5) is 8.94. The van der Waals surface area contributed by atoms with Gasteiger partial charge in [0.05, 0.1) is 6.07 Å². The zero-order valence-electron chi connectivity index (χ0n) is 10.0. The van der Waals surface area contributed by atoms with Gasteiger partial charge >= 0.3 is 0 Å². The van der Waals surface area contributed by atoms with Crippen molar-refractivity contribution in [3.8, 4) is 6.07 Å². The van der Waals surface area contributed by atoms with Crippen molar-refractivity contribution in [3.63, 3.8) is 0 Å². The van der Waals surface area contributed by atoms with E-state index in [2.05, 4.69) is 26.9 Å². The Bertz CT molecular complexity index is 363. The summed E-state index contributed by atoms with van der Waals surface area (Å²) in [7, 11) is 0. The van der Waals surface area contributed by atoms with E-state index in [1.807, 2.05) is 18.5 Å². The quantitative estimate of drug-likeness (QED) is 0.777. The summed E-state index contributed by atoms with van der Waals surface area (Å²) < 4.78 is 0. The Labute approximate surface area is 102 Å². The second-order valence-electron chi connectivity index (χ2n) is 4.39. The van der Waals surface area contributed by atoms with Gasteiger partial charge in [-0.1, -0.05) is 6.07 Å². The van der Waals surface area contributed by atoms with E-state index in [9.17, 15) is 0 Å². The average molecular weight is 230 g/mol. The maximum atomic E-state index is 8.55. The molecule has 2 heterocycles. The zero-order valence-corrected chi connectivity index (χ0v) is 10.0. The minimum Gasteiger partial charge on any atom is -0.300 e. The molecular formula is C13H18N4. The summed E-state index contributed by atoms with van der Waals surface area (Å²) in [6, 6.07) is 6.31. The largest absolute Gasteiger partial charge is 0.300 e. The number of aromatic nitrogens is 1. The van der Waals surface area contributed by atoms with E-state index in [0.29, 0.717) is 6.42 Å². The highest BCUT2D eigenvalue weighted by Gasteiger charge is 2.16. The first kappa shape index (κ1) is 12.0. The van der Waals surface area contributed by atoms with Gasteiger partial charge < -0.3 is 0 Å². The fraction of sp³-hybridized carbons (Fsp3) is 0.538. The Kier molecular flexibility index (Phi) is 4.48. The van der Waals surface area contributed by atoms with Crippen LogP contribution in [-0.2, 0) is 6.54 Å². The van der Waals surface area contributed by atoms with Crippen molar-refractivity contribution in [2.24, 2.45) is 0 Å². The van der Waals surface area contributed by atoms with Crippen LogP contribution in [0.4, 0.5) is 0 Å². The van der Waals surface area contributed by atoms with Crippen molar-refractivity contribution in [2.45, 2.75) is 13.0 Å². The lowest BCUT2D eigenvalue weighted by Gasteiger charge is -2.34. The van der Waals surface area contributed by atoms with Gasteiger partial charge in [-0.05, 0) is 11.6 Å². The molecular weight excluding hydrogens is 212 g/mol. The number of rotatable bonds is 4. The molecule has 0 bridgehead atoms. The smallest absolute Gasteiger partial charge is 0.0635 e. The third-order valence-electron chi connectivity index (χ3n) is 3.13. The molecule has 0 unspecified atom stereocenters. The minimum absolute atomic E-state index is 0.641. The first-order valence-electron chi connectivity index (χ1n) is 6.09. The van der Waals surface area contributed by atoms with Gasteiger partial charge in [-0.3, -0.25) is 14.8 Å². The van der Waals surface area contributed by atoms with E-state index in [1.165, 1.54) is 5.56 Å². The molecule has 1 fully saturated rings. The number of hydrogen-bond acceptors (Lipinski definition) is 4. The van der Waals surface area contributed by atoms with Crippen molar-refractivity contribution < 1.29 is 0 Å². The molecule has 0 aliphatic carbocycles. The lowest BCUT2D eigenvalue weighted by Crippen LogP contribution is -2.46. The predicted molar refractivity (Wildman–Crippen MR) is 66.2 cm³/mol. The van der Waals surface area contributed by atoms with E-state index in [1.54, 1.807) is 0 Å². The van der Waals surface area contributed by atoms with Crippen LogP contribution in [0.3, 0.4) is 0 Å². The van der Waals surface area contributed by atoms with Crippen LogP contribution < -0.4 is 0 Å². The summed E-state index contributed by atoms with van der Waals surface area (Å²) in [6.45, 7) is 6.21. The second kappa shape index (κ2) is 6.33. The van der Waals surface area contributed by atoms with E-state index >= 15 is 0 Å². The van der Waals surface area contributed by atoms with Crippen LogP contribution in [0.25, 0.3) is 0 Å².